The predicted octanol–water partition coefficient (Wildman–Crippen LogP) is 1.89. The average Bonchev–Trinajstić information content (AvgIpc) is 2.75. The minimum absolute atomic E-state index is 0. The second-order valence-electron chi connectivity index (χ2n) is 7.58. The summed E-state index contributed by atoms with van der Waals surface area (Å²) in [4.78, 5) is 20.4. The van der Waals surface area contributed by atoms with E-state index in [2.05, 4.69) is 39.2 Å². The first-order chi connectivity index (χ1) is 14.4. The van der Waals surface area contributed by atoms with Crippen molar-refractivity contribution >= 4 is 35.8 Å². The lowest BCUT2D eigenvalue weighted by Crippen LogP contribution is -2.46. The largest absolute Gasteiger partial charge is 0.497 e. The van der Waals surface area contributed by atoms with Gasteiger partial charge < -0.3 is 25.0 Å². The van der Waals surface area contributed by atoms with Crippen molar-refractivity contribution in [1.82, 2.24) is 20.4 Å². The van der Waals surface area contributed by atoms with Crippen molar-refractivity contribution < 1.29 is 14.3 Å². The molecule has 0 radical (unpaired) electrons. The van der Waals surface area contributed by atoms with Gasteiger partial charge in [-0.05, 0) is 24.6 Å². The fraction of sp³-hybridized carbons (Fsp3) is 0.545. The topological polar surface area (TPSA) is 78.4 Å². The molecule has 1 aliphatic heterocycles. The number of morpholine rings is 1. The molecule has 0 aromatic heterocycles. The molecular weight excluding hydrogens is 509 g/mol. The van der Waals surface area contributed by atoms with Crippen LogP contribution in [0.5, 0.6) is 5.75 Å². The summed E-state index contributed by atoms with van der Waals surface area (Å²) in [6.07, 6.45) is 0. The zero-order chi connectivity index (χ0) is 21.9. The van der Waals surface area contributed by atoms with Gasteiger partial charge in [0.05, 0.1) is 26.4 Å². The van der Waals surface area contributed by atoms with E-state index in [0.29, 0.717) is 19.0 Å². The van der Waals surface area contributed by atoms with Crippen LogP contribution < -0.4 is 15.4 Å². The SMILES string of the molecule is C=C(C)CNC(=NCC(=O)N(C)C)NCC(c1ccc(OC)cc1)N1CCOCC1.I. The Hall–Kier alpha value is -1.85. The number of nitrogens with zero attached hydrogens (tertiary/aromatic N) is 3. The van der Waals surface area contributed by atoms with Crippen LogP contribution in [0.1, 0.15) is 18.5 Å². The molecule has 1 amide bonds. The summed E-state index contributed by atoms with van der Waals surface area (Å²) >= 11 is 0. The molecule has 2 N–H and O–H groups in total. The molecular formula is C22H36IN5O3. The number of likely N-dealkylation sites (N-methyl/N-ethyl adjacent to an activating group) is 1. The van der Waals surface area contributed by atoms with Crippen LogP contribution in [0.15, 0.2) is 41.4 Å². The summed E-state index contributed by atoms with van der Waals surface area (Å²) in [7, 11) is 5.12. The fourth-order valence-corrected chi connectivity index (χ4v) is 3.06. The van der Waals surface area contributed by atoms with E-state index < -0.39 is 0 Å². The molecule has 1 unspecified atom stereocenters. The number of hydrogen-bond donors (Lipinski definition) is 2. The van der Waals surface area contributed by atoms with Crippen molar-refractivity contribution in [3.63, 3.8) is 0 Å². The third-order valence-electron chi connectivity index (χ3n) is 4.88. The molecule has 1 aromatic rings. The predicted molar refractivity (Wildman–Crippen MR) is 135 cm³/mol. The number of ether oxygens (including phenoxy) is 2. The van der Waals surface area contributed by atoms with Crippen LogP contribution in [0.2, 0.25) is 0 Å². The van der Waals surface area contributed by atoms with Crippen LogP contribution >= 0.6 is 24.0 Å². The molecule has 1 atom stereocenters. The molecule has 8 nitrogen and oxygen atoms in total. The fourth-order valence-electron chi connectivity index (χ4n) is 3.06. The Balaban J connectivity index is 0.00000480. The number of amides is 1. The Labute approximate surface area is 203 Å². The Morgan fingerprint density at radius 2 is 1.90 bits per heavy atom. The quantitative estimate of drug-likeness (QED) is 0.214. The highest BCUT2D eigenvalue weighted by atomic mass is 127. The molecule has 1 fully saturated rings. The minimum Gasteiger partial charge on any atom is -0.497 e. The molecule has 9 heteroatoms. The maximum atomic E-state index is 12.0. The maximum absolute atomic E-state index is 12.0. The molecule has 1 saturated heterocycles. The number of nitrogens with one attached hydrogen (secondary N) is 2. The van der Waals surface area contributed by atoms with Crippen molar-refractivity contribution in [2.75, 3.05) is 67.1 Å². The van der Waals surface area contributed by atoms with E-state index in [1.807, 2.05) is 19.1 Å². The second kappa shape index (κ2) is 14.3. The molecule has 174 valence electrons. The molecule has 1 aliphatic rings. The first-order valence-corrected chi connectivity index (χ1v) is 10.2. The van der Waals surface area contributed by atoms with Gasteiger partial charge in [-0.2, -0.15) is 0 Å². The zero-order valence-corrected chi connectivity index (χ0v) is 21.3. The van der Waals surface area contributed by atoms with E-state index in [9.17, 15) is 4.79 Å². The van der Waals surface area contributed by atoms with Crippen molar-refractivity contribution in [2.24, 2.45) is 4.99 Å². The third-order valence-corrected chi connectivity index (χ3v) is 4.88. The van der Waals surface area contributed by atoms with E-state index in [-0.39, 0.29) is 42.5 Å². The average molecular weight is 545 g/mol. The molecule has 0 spiro atoms. The molecule has 1 aromatic carbocycles. The van der Waals surface area contributed by atoms with Crippen LogP contribution in [0.25, 0.3) is 0 Å². The summed E-state index contributed by atoms with van der Waals surface area (Å²) in [6, 6.07) is 8.28. The standard InChI is InChI=1S/C22H35N5O3.HI/c1-17(2)14-23-22(25-16-21(28)26(3)4)24-15-20(27-10-12-30-13-11-27)18-6-8-19(29-5)9-7-18;/h6-9,20H,1,10-16H2,2-5H3,(H2,23,24,25);1H. The first kappa shape index (κ1) is 27.2. The summed E-state index contributed by atoms with van der Waals surface area (Å²) in [5.74, 6) is 1.38. The van der Waals surface area contributed by atoms with Crippen LogP contribution in [0, 0.1) is 0 Å². The normalized spacial score (nSPS) is 15.4. The highest BCUT2D eigenvalue weighted by Gasteiger charge is 2.23. The number of hydrogen-bond acceptors (Lipinski definition) is 5. The van der Waals surface area contributed by atoms with Crippen molar-refractivity contribution in [3.05, 3.63) is 42.0 Å². The van der Waals surface area contributed by atoms with Gasteiger partial charge in [-0.3, -0.25) is 9.69 Å². The van der Waals surface area contributed by atoms with Gasteiger partial charge in [0.1, 0.15) is 12.3 Å². The van der Waals surface area contributed by atoms with Gasteiger partial charge in [0.25, 0.3) is 0 Å². The Morgan fingerprint density at radius 3 is 2.45 bits per heavy atom. The lowest BCUT2D eigenvalue weighted by Gasteiger charge is -2.35. The number of carbonyl (C=O) groups is 1. The van der Waals surface area contributed by atoms with Crippen LogP contribution in [0.4, 0.5) is 0 Å². The van der Waals surface area contributed by atoms with E-state index in [1.165, 1.54) is 10.5 Å². The second-order valence-corrected chi connectivity index (χ2v) is 7.58. The number of halogens is 1. The summed E-state index contributed by atoms with van der Waals surface area (Å²) < 4.78 is 10.8. The van der Waals surface area contributed by atoms with Gasteiger partial charge in [0, 0.05) is 40.3 Å². The number of methoxy groups -OCH3 is 1. The Morgan fingerprint density at radius 1 is 1.26 bits per heavy atom. The van der Waals surface area contributed by atoms with Crippen LogP contribution in [-0.4, -0.2) is 88.8 Å². The Bertz CT molecular complexity index is 718. The number of rotatable bonds is 9. The summed E-state index contributed by atoms with van der Waals surface area (Å²) in [5.41, 5.74) is 2.18. The van der Waals surface area contributed by atoms with Gasteiger partial charge in [-0.1, -0.05) is 24.3 Å². The lowest BCUT2D eigenvalue weighted by atomic mass is 10.0. The number of guanidine groups is 1. The molecule has 31 heavy (non-hydrogen) atoms. The van der Waals surface area contributed by atoms with Gasteiger partial charge in [-0.25, -0.2) is 4.99 Å². The van der Waals surface area contributed by atoms with Crippen LogP contribution in [0.3, 0.4) is 0 Å². The number of benzene rings is 1. The number of carbonyl (C=O) groups excluding carboxylic acids is 1. The molecule has 0 bridgehead atoms. The van der Waals surface area contributed by atoms with Crippen molar-refractivity contribution in [3.8, 4) is 5.75 Å². The molecule has 0 saturated carbocycles. The van der Waals surface area contributed by atoms with Gasteiger partial charge in [-0.15, -0.1) is 24.0 Å². The highest BCUT2D eigenvalue weighted by Crippen LogP contribution is 2.23. The van der Waals surface area contributed by atoms with E-state index in [1.54, 1.807) is 21.2 Å². The van der Waals surface area contributed by atoms with Crippen molar-refractivity contribution in [1.29, 1.82) is 0 Å². The lowest BCUT2D eigenvalue weighted by molar-refractivity contribution is -0.127. The number of aliphatic imine (C=N–C) groups is 1. The zero-order valence-electron chi connectivity index (χ0n) is 19.0. The van der Waals surface area contributed by atoms with Gasteiger partial charge in [0.15, 0.2) is 5.96 Å². The van der Waals surface area contributed by atoms with Gasteiger partial charge in [0.2, 0.25) is 5.91 Å². The van der Waals surface area contributed by atoms with E-state index in [4.69, 9.17) is 9.47 Å². The molecule has 2 rings (SSSR count). The Kier molecular flexibility index (Phi) is 12.5. The van der Waals surface area contributed by atoms with Crippen LogP contribution in [-0.2, 0) is 9.53 Å². The maximum Gasteiger partial charge on any atom is 0.243 e. The molecule has 1 heterocycles. The summed E-state index contributed by atoms with van der Waals surface area (Å²) in [5, 5.41) is 6.65. The van der Waals surface area contributed by atoms with E-state index in [0.717, 1.165) is 37.6 Å². The smallest absolute Gasteiger partial charge is 0.243 e. The monoisotopic (exact) mass is 545 g/mol. The van der Waals surface area contributed by atoms with Crippen molar-refractivity contribution in [2.45, 2.75) is 13.0 Å². The van der Waals surface area contributed by atoms with E-state index >= 15 is 0 Å². The van der Waals surface area contributed by atoms with Gasteiger partial charge >= 0.3 is 0 Å². The first-order valence-electron chi connectivity index (χ1n) is 10.2. The third kappa shape index (κ3) is 9.44. The molecule has 0 aliphatic carbocycles. The highest BCUT2D eigenvalue weighted by molar-refractivity contribution is 14.0. The summed E-state index contributed by atoms with van der Waals surface area (Å²) in [6.45, 7) is 10.4. The minimum atomic E-state index is -0.0497.